The topological polar surface area (TPSA) is 81.6 Å². The van der Waals surface area contributed by atoms with Gasteiger partial charge in [-0.25, -0.2) is 8.42 Å². The molecule has 1 aliphatic heterocycles. The lowest BCUT2D eigenvalue weighted by Gasteiger charge is -2.31. The van der Waals surface area contributed by atoms with Crippen LogP contribution in [0.15, 0.2) is 35.2 Å². The molecule has 1 unspecified atom stereocenters. The van der Waals surface area contributed by atoms with Gasteiger partial charge in [-0.1, -0.05) is 23.2 Å². The molecule has 2 heterocycles. The van der Waals surface area contributed by atoms with E-state index in [4.69, 9.17) is 32.7 Å². The molecule has 0 amide bonds. The third-order valence-corrected chi connectivity index (χ3v) is 6.55. The molecule has 7 nitrogen and oxygen atoms in total. The fourth-order valence-electron chi connectivity index (χ4n) is 2.68. The third kappa shape index (κ3) is 4.20. The summed E-state index contributed by atoms with van der Waals surface area (Å²) in [6.07, 6.45) is 1.04. The maximum atomic E-state index is 12.9. The minimum Gasteiger partial charge on any atom is -0.480 e. The number of benzene rings is 1. The Kier molecular flexibility index (Phi) is 5.86. The molecular weight excluding hydrogens is 401 g/mol. The fraction of sp³-hybridized carbons (Fsp3) is 0.375. The average molecular weight is 418 g/mol. The van der Waals surface area contributed by atoms with Crippen LogP contribution in [0.3, 0.4) is 0 Å². The summed E-state index contributed by atoms with van der Waals surface area (Å²) in [5.41, 5.74) is 0. The van der Waals surface area contributed by atoms with Crippen molar-refractivity contribution >= 4 is 33.2 Å². The van der Waals surface area contributed by atoms with E-state index in [1.807, 2.05) is 0 Å². The monoisotopic (exact) mass is 417 g/mol. The first-order valence-corrected chi connectivity index (χ1v) is 10.1. The Balaban J connectivity index is 1.75. The first-order valence-electron chi connectivity index (χ1n) is 7.90. The molecule has 1 aromatic heterocycles. The van der Waals surface area contributed by atoms with Crippen LogP contribution >= 0.6 is 23.2 Å². The molecular formula is C16H17Cl2N3O4S. The molecule has 3 rings (SSSR count). The number of hydrogen-bond donors (Lipinski definition) is 0. The van der Waals surface area contributed by atoms with Gasteiger partial charge < -0.3 is 9.47 Å². The van der Waals surface area contributed by atoms with E-state index in [0.717, 1.165) is 0 Å². The number of aromatic nitrogens is 2. The Bertz CT molecular complexity index is 878. The van der Waals surface area contributed by atoms with Crippen molar-refractivity contribution in [2.24, 2.45) is 0 Å². The van der Waals surface area contributed by atoms with Crippen molar-refractivity contribution in [3.63, 3.8) is 0 Å². The highest BCUT2D eigenvalue weighted by molar-refractivity contribution is 7.89. The number of nitrogens with zero attached hydrogens (tertiary/aromatic N) is 3. The summed E-state index contributed by atoms with van der Waals surface area (Å²) >= 11 is 12.0. The van der Waals surface area contributed by atoms with E-state index in [1.54, 1.807) is 18.2 Å². The number of rotatable bonds is 5. The van der Waals surface area contributed by atoms with Gasteiger partial charge in [0, 0.05) is 23.7 Å². The number of ether oxygens (including phenoxy) is 2. The van der Waals surface area contributed by atoms with Crippen LogP contribution in [0.25, 0.3) is 0 Å². The lowest BCUT2D eigenvalue weighted by atomic mass is 10.1. The maximum absolute atomic E-state index is 12.9. The maximum Gasteiger partial charge on any atom is 0.244 e. The van der Waals surface area contributed by atoms with Crippen molar-refractivity contribution in [3.8, 4) is 11.8 Å². The summed E-state index contributed by atoms with van der Waals surface area (Å²) in [4.78, 5) is -0.00319. The highest BCUT2D eigenvalue weighted by atomic mass is 35.5. The van der Waals surface area contributed by atoms with Gasteiger partial charge in [-0.05, 0) is 31.0 Å². The molecule has 1 saturated heterocycles. The van der Waals surface area contributed by atoms with Gasteiger partial charge in [0.05, 0.1) is 18.7 Å². The number of methoxy groups -OCH3 is 1. The standard InChI is InChI=1S/C16H17Cl2N3O4S/c1-24-15-6-7-16(20-19-15)25-12-3-2-8-21(10-12)26(22,23)14-9-11(17)4-5-13(14)18/h4-7,9,12H,2-3,8,10H2,1H3. The first kappa shape index (κ1) is 19.2. The van der Waals surface area contributed by atoms with E-state index in [0.29, 0.717) is 36.2 Å². The molecule has 0 spiro atoms. The summed E-state index contributed by atoms with van der Waals surface area (Å²) in [7, 11) is -2.27. The van der Waals surface area contributed by atoms with Crippen molar-refractivity contribution in [1.29, 1.82) is 0 Å². The largest absolute Gasteiger partial charge is 0.480 e. The molecule has 140 valence electrons. The number of hydrogen-bond acceptors (Lipinski definition) is 6. The van der Waals surface area contributed by atoms with Crippen LogP contribution in [0.2, 0.25) is 10.0 Å². The van der Waals surface area contributed by atoms with Crippen LogP contribution in [-0.4, -0.2) is 49.2 Å². The molecule has 26 heavy (non-hydrogen) atoms. The van der Waals surface area contributed by atoms with Gasteiger partial charge in [-0.15, -0.1) is 10.2 Å². The molecule has 0 radical (unpaired) electrons. The number of halogens is 2. The quantitative estimate of drug-likeness (QED) is 0.743. The minimum absolute atomic E-state index is 0.00319. The molecule has 0 N–H and O–H groups in total. The molecule has 1 aromatic carbocycles. The van der Waals surface area contributed by atoms with Crippen LogP contribution in [-0.2, 0) is 10.0 Å². The summed E-state index contributed by atoms with van der Waals surface area (Å²) < 4.78 is 37.9. The van der Waals surface area contributed by atoms with Gasteiger partial charge in [0.15, 0.2) is 0 Å². The summed E-state index contributed by atoms with van der Waals surface area (Å²) in [5, 5.41) is 8.20. The highest BCUT2D eigenvalue weighted by Crippen LogP contribution is 2.30. The molecule has 0 bridgehead atoms. The van der Waals surface area contributed by atoms with Crippen LogP contribution in [0.4, 0.5) is 0 Å². The first-order chi connectivity index (χ1) is 12.4. The normalized spacial score (nSPS) is 18.5. The lowest BCUT2D eigenvalue weighted by Crippen LogP contribution is -2.44. The van der Waals surface area contributed by atoms with E-state index in [2.05, 4.69) is 10.2 Å². The third-order valence-electron chi connectivity index (χ3n) is 3.96. The Morgan fingerprint density at radius 1 is 1.15 bits per heavy atom. The Labute approximate surface area is 161 Å². The highest BCUT2D eigenvalue weighted by Gasteiger charge is 2.32. The second-order valence-corrected chi connectivity index (χ2v) is 8.48. The molecule has 0 aliphatic carbocycles. The Hall–Kier alpha value is -1.61. The smallest absolute Gasteiger partial charge is 0.244 e. The predicted octanol–water partition coefficient (Wildman–Crippen LogP) is 3.02. The summed E-state index contributed by atoms with van der Waals surface area (Å²) in [6.45, 7) is 0.582. The molecule has 10 heteroatoms. The number of piperidine rings is 1. The van der Waals surface area contributed by atoms with Crippen LogP contribution < -0.4 is 9.47 Å². The van der Waals surface area contributed by atoms with Gasteiger partial charge in [0.1, 0.15) is 11.0 Å². The number of sulfonamides is 1. The van der Waals surface area contributed by atoms with E-state index in [1.165, 1.54) is 23.5 Å². The van der Waals surface area contributed by atoms with Gasteiger partial charge in [-0.3, -0.25) is 0 Å². The SMILES string of the molecule is COc1ccc(OC2CCCN(S(=O)(=O)c3cc(Cl)ccc3Cl)C2)nn1. The van der Waals surface area contributed by atoms with Crippen molar-refractivity contribution in [3.05, 3.63) is 40.4 Å². The van der Waals surface area contributed by atoms with E-state index in [-0.39, 0.29) is 22.6 Å². The summed E-state index contributed by atoms with van der Waals surface area (Å²) in [5.74, 6) is 0.691. The van der Waals surface area contributed by atoms with Crippen molar-refractivity contribution in [1.82, 2.24) is 14.5 Å². The Morgan fingerprint density at radius 2 is 1.88 bits per heavy atom. The average Bonchev–Trinajstić information content (AvgIpc) is 2.64. The van der Waals surface area contributed by atoms with Gasteiger partial charge in [0.2, 0.25) is 21.8 Å². The Morgan fingerprint density at radius 3 is 2.58 bits per heavy atom. The van der Waals surface area contributed by atoms with Gasteiger partial charge >= 0.3 is 0 Å². The predicted molar refractivity (Wildman–Crippen MR) is 97.5 cm³/mol. The van der Waals surface area contributed by atoms with Crippen LogP contribution in [0.1, 0.15) is 12.8 Å². The molecule has 1 fully saturated rings. The minimum atomic E-state index is -3.77. The van der Waals surface area contributed by atoms with Crippen LogP contribution in [0.5, 0.6) is 11.8 Å². The lowest BCUT2D eigenvalue weighted by molar-refractivity contribution is 0.123. The molecule has 1 aliphatic rings. The zero-order chi connectivity index (χ0) is 18.7. The van der Waals surface area contributed by atoms with Crippen molar-refractivity contribution in [2.45, 2.75) is 23.8 Å². The van der Waals surface area contributed by atoms with E-state index < -0.39 is 10.0 Å². The fourth-order valence-corrected chi connectivity index (χ4v) is 4.93. The van der Waals surface area contributed by atoms with E-state index in [9.17, 15) is 8.42 Å². The van der Waals surface area contributed by atoms with Gasteiger partial charge in [-0.2, -0.15) is 4.31 Å². The van der Waals surface area contributed by atoms with Crippen molar-refractivity contribution in [2.75, 3.05) is 20.2 Å². The molecule has 2 aromatic rings. The zero-order valence-electron chi connectivity index (χ0n) is 13.9. The second-order valence-electron chi connectivity index (χ2n) is 5.73. The summed E-state index contributed by atoms with van der Waals surface area (Å²) in [6, 6.07) is 7.65. The second kappa shape index (κ2) is 7.96. The zero-order valence-corrected chi connectivity index (χ0v) is 16.3. The molecule has 0 saturated carbocycles. The van der Waals surface area contributed by atoms with Crippen LogP contribution in [0, 0.1) is 0 Å². The van der Waals surface area contributed by atoms with E-state index >= 15 is 0 Å². The van der Waals surface area contributed by atoms with Gasteiger partial charge in [0.25, 0.3) is 0 Å². The van der Waals surface area contributed by atoms with Crippen molar-refractivity contribution < 1.29 is 17.9 Å². The molecule has 1 atom stereocenters.